The van der Waals surface area contributed by atoms with Crippen molar-refractivity contribution in [2.45, 2.75) is 6.42 Å². The van der Waals surface area contributed by atoms with Crippen LogP contribution in [0.1, 0.15) is 21.2 Å². The molecule has 5 heteroatoms. The summed E-state index contributed by atoms with van der Waals surface area (Å²) in [7, 11) is 0. The lowest BCUT2D eigenvalue weighted by Crippen LogP contribution is -1.96. The van der Waals surface area contributed by atoms with E-state index in [9.17, 15) is 4.79 Å². The van der Waals surface area contributed by atoms with Gasteiger partial charge >= 0.3 is 5.97 Å². The van der Waals surface area contributed by atoms with E-state index in [4.69, 9.17) is 5.11 Å². The molecule has 2 aromatic heterocycles. The minimum atomic E-state index is -0.977. The van der Waals surface area contributed by atoms with Gasteiger partial charge < -0.3 is 10.1 Å². The molecule has 0 saturated carbocycles. The van der Waals surface area contributed by atoms with E-state index >= 15 is 0 Å². The average molecular weight is 208 g/mol. The summed E-state index contributed by atoms with van der Waals surface area (Å²) in [6.45, 7) is 0. The molecular formula is C9H8N2O2S. The van der Waals surface area contributed by atoms with Gasteiger partial charge in [-0.1, -0.05) is 6.07 Å². The molecule has 0 aliphatic rings. The third-order valence-electron chi connectivity index (χ3n) is 1.78. The Bertz CT molecular complexity index is 433. The predicted molar refractivity (Wildman–Crippen MR) is 52.7 cm³/mol. The summed E-state index contributed by atoms with van der Waals surface area (Å²) in [4.78, 5) is 18.4. The van der Waals surface area contributed by atoms with E-state index in [1.54, 1.807) is 11.3 Å². The maximum Gasteiger partial charge on any atom is 0.353 e. The number of thiophene rings is 1. The number of nitrogens with one attached hydrogen (secondary N) is 1. The maximum atomic E-state index is 10.5. The molecule has 2 rings (SSSR count). The zero-order valence-corrected chi connectivity index (χ0v) is 8.04. The molecule has 2 N–H and O–H groups in total. The van der Waals surface area contributed by atoms with Crippen molar-refractivity contribution >= 4 is 17.3 Å². The van der Waals surface area contributed by atoms with Gasteiger partial charge in [-0.2, -0.15) is 0 Å². The second-order valence-corrected chi connectivity index (χ2v) is 3.84. The second kappa shape index (κ2) is 3.63. The van der Waals surface area contributed by atoms with Gasteiger partial charge in [0, 0.05) is 11.3 Å². The van der Waals surface area contributed by atoms with E-state index in [1.165, 1.54) is 6.20 Å². The van der Waals surface area contributed by atoms with Crippen LogP contribution >= 0.6 is 11.3 Å². The van der Waals surface area contributed by atoms with Crippen molar-refractivity contribution in [3.63, 3.8) is 0 Å². The van der Waals surface area contributed by atoms with Crippen molar-refractivity contribution < 1.29 is 9.90 Å². The number of aromatic nitrogens is 2. The van der Waals surface area contributed by atoms with Crippen molar-refractivity contribution in [2.75, 3.05) is 0 Å². The summed E-state index contributed by atoms with van der Waals surface area (Å²) in [5, 5.41) is 10.6. The van der Waals surface area contributed by atoms with Crippen LogP contribution in [0, 0.1) is 0 Å². The Morgan fingerprint density at radius 2 is 2.50 bits per heavy atom. The quantitative estimate of drug-likeness (QED) is 0.807. The second-order valence-electron chi connectivity index (χ2n) is 2.80. The topological polar surface area (TPSA) is 66.0 Å². The van der Waals surface area contributed by atoms with Gasteiger partial charge in [0.25, 0.3) is 0 Å². The van der Waals surface area contributed by atoms with Gasteiger partial charge in [-0.05, 0) is 11.4 Å². The highest BCUT2D eigenvalue weighted by Crippen LogP contribution is 2.12. The highest BCUT2D eigenvalue weighted by Gasteiger charge is 2.07. The summed E-state index contributed by atoms with van der Waals surface area (Å²) < 4.78 is 0. The summed E-state index contributed by atoms with van der Waals surface area (Å²) in [6.07, 6.45) is 2.00. The number of H-pyrrole nitrogens is 1. The Kier molecular flexibility index (Phi) is 2.32. The molecule has 0 atom stereocenters. The van der Waals surface area contributed by atoms with Crippen molar-refractivity contribution in [2.24, 2.45) is 0 Å². The van der Waals surface area contributed by atoms with Crippen LogP contribution in [0.25, 0.3) is 0 Å². The fourth-order valence-electron chi connectivity index (χ4n) is 1.14. The van der Waals surface area contributed by atoms with Crippen LogP contribution in [0.2, 0.25) is 0 Å². The lowest BCUT2D eigenvalue weighted by molar-refractivity contribution is 0.0691. The minimum absolute atomic E-state index is 0.136. The summed E-state index contributed by atoms with van der Waals surface area (Å²) >= 11 is 1.63. The number of hydrogen-bond acceptors (Lipinski definition) is 3. The number of aromatic amines is 1. The molecule has 0 amide bonds. The van der Waals surface area contributed by atoms with Crippen LogP contribution in [-0.2, 0) is 6.42 Å². The average Bonchev–Trinajstić information content (AvgIpc) is 2.75. The molecule has 0 fully saturated rings. The van der Waals surface area contributed by atoms with Crippen LogP contribution < -0.4 is 0 Å². The first kappa shape index (κ1) is 8.96. The summed E-state index contributed by atoms with van der Waals surface area (Å²) in [5.74, 6) is -0.292. The Hall–Kier alpha value is -1.62. The predicted octanol–water partition coefficient (Wildman–Crippen LogP) is 1.76. The SMILES string of the molecule is O=C(O)c1cnc(Cc2cccs2)[nH]1. The van der Waals surface area contributed by atoms with Gasteiger partial charge in [0.05, 0.1) is 6.20 Å². The molecule has 0 aliphatic carbocycles. The minimum Gasteiger partial charge on any atom is -0.477 e. The molecular weight excluding hydrogens is 200 g/mol. The number of nitrogens with zero attached hydrogens (tertiary/aromatic N) is 1. The highest BCUT2D eigenvalue weighted by atomic mass is 32.1. The molecule has 0 bridgehead atoms. The molecule has 0 aliphatic heterocycles. The van der Waals surface area contributed by atoms with E-state index in [-0.39, 0.29) is 5.69 Å². The maximum absolute atomic E-state index is 10.5. The molecule has 0 radical (unpaired) electrons. The van der Waals surface area contributed by atoms with Gasteiger partial charge in [-0.3, -0.25) is 0 Å². The molecule has 72 valence electrons. The van der Waals surface area contributed by atoms with Gasteiger partial charge in [0.1, 0.15) is 11.5 Å². The standard InChI is InChI=1S/C9H8N2O2S/c12-9(13)7-5-10-8(11-7)4-6-2-1-3-14-6/h1-3,5H,4H2,(H,10,11)(H,12,13). The van der Waals surface area contributed by atoms with E-state index in [2.05, 4.69) is 9.97 Å². The summed E-state index contributed by atoms with van der Waals surface area (Å²) in [6, 6.07) is 3.95. The Balaban J connectivity index is 2.14. The first-order valence-electron chi connectivity index (χ1n) is 4.05. The van der Waals surface area contributed by atoms with Crippen molar-refractivity contribution in [3.8, 4) is 0 Å². The van der Waals surface area contributed by atoms with E-state index in [0.717, 1.165) is 4.88 Å². The zero-order valence-electron chi connectivity index (χ0n) is 7.23. The number of carboxylic acid groups (broad SMARTS) is 1. The fourth-order valence-corrected chi connectivity index (χ4v) is 1.85. The fraction of sp³-hybridized carbons (Fsp3) is 0.111. The number of imidazole rings is 1. The molecule has 2 heterocycles. The van der Waals surface area contributed by atoms with Crippen LogP contribution in [0.4, 0.5) is 0 Å². The molecule has 0 spiro atoms. The van der Waals surface area contributed by atoms with E-state index < -0.39 is 5.97 Å². The number of hydrogen-bond donors (Lipinski definition) is 2. The third-order valence-corrected chi connectivity index (χ3v) is 2.66. The molecule has 0 unspecified atom stereocenters. The molecule has 0 saturated heterocycles. The largest absolute Gasteiger partial charge is 0.477 e. The van der Waals surface area contributed by atoms with Gasteiger partial charge in [0.15, 0.2) is 0 Å². The van der Waals surface area contributed by atoms with E-state index in [0.29, 0.717) is 12.2 Å². The number of aromatic carboxylic acids is 1. The van der Waals surface area contributed by atoms with Gasteiger partial charge in [-0.25, -0.2) is 9.78 Å². The Labute approximate surface area is 84.2 Å². The van der Waals surface area contributed by atoms with Crippen LogP contribution in [0.5, 0.6) is 0 Å². The first-order chi connectivity index (χ1) is 6.75. The lowest BCUT2D eigenvalue weighted by atomic mass is 10.3. The molecule has 14 heavy (non-hydrogen) atoms. The molecule has 4 nitrogen and oxygen atoms in total. The Morgan fingerprint density at radius 1 is 1.64 bits per heavy atom. The lowest BCUT2D eigenvalue weighted by Gasteiger charge is -1.91. The van der Waals surface area contributed by atoms with Crippen LogP contribution in [0.3, 0.4) is 0 Å². The molecule has 2 aromatic rings. The van der Waals surface area contributed by atoms with Gasteiger partial charge in [-0.15, -0.1) is 11.3 Å². The number of carboxylic acids is 1. The normalized spacial score (nSPS) is 10.3. The van der Waals surface area contributed by atoms with Crippen molar-refractivity contribution in [1.29, 1.82) is 0 Å². The highest BCUT2D eigenvalue weighted by molar-refractivity contribution is 7.09. The monoisotopic (exact) mass is 208 g/mol. The number of carbonyl (C=O) groups is 1. The first-order valence-corrected chi connectivity index (χ1v) is 4.93. The summed E-state index contributed by atoms with van der Waals surface area (Å²) in [5.41, 5.74) is 0.136. The zero-order chi connectivity index (χ0) is 9.97. The van der Waals surface area contributed by atoms with Crippen molar-refractivity contribution in [3.05, 3.63) is 40.1 Å². The smallest absolute Gasteiger partial charge is 0.353 e. The van der Waals surface area contributed by atoms with Crippen LogP contribution in [-0.4, -0.2) is 21.0 Å². The number of rotatable bonds is 3. The van der Waals surface area contributed by atoms with Crippen molar-refractivity contribution in [1.82, 2.24) is 9.97 Å². The third kappa shape index (κ3) is 1.82. The molecule has 0 aromatic carbocycles. The van der Waals surface area contributed by atoms with Gasteiger partial charge in [0.2, 0.25) is 0 Å². The van der Waals surface area contributed by atoms with Crippen LogP contribution in [0.15, 0.2) is 23.7 Å². The van der Waals surface area contributed by atoms with E-state index in [1.807, 2.05) is 17.5 Å². The Morgan fingerprint density at radius 3 is 3.07 bits per heavy atom.